The lowest BCUT2D eigenvalue weighted by molar-refractivity contribution is 0.101. The minimum Gasteiger partial charge on any atom is -0.533 e. The maximum atomic E-state index is 12.6. The summed E-state index contributed by atoms with van der Waals surface area (Å²) in [4.78, 5) is 12.6. The third-order valence-corrected chi connectivity index (χ3v) is 10.5. The van der Waals surface area contributed by atoms with Gasteiger partial charge in [0, 0.05) is 6.07 Å². The van der Waals surface area contributed by atoms with Crippen molar-refractivity contribution in [1.29, 1.82) is 0 Å². The molecule has 0 aliphatic carbocycles. The Labute approximate surface area is 185 Å². The molecule has 0 heterocycles. The van der Waals surface area contributed by atoms with E-state index in [1.807, 2.05) is 36.4 Å². The SMILES string of the molecule is COc1cc(O[Si](c2ccccc2)(c2ccccc2)C(C)(C)C)c(C(C)=O)cc1OC. The molecular formula is C26H30O4Si. The monoisotopic (exact) mass is 434 g/mol. The Hall–Kier alpha value is -3.05. The highest BCUT2D eigenvalue weighted by molar-refractivity contribution is 7.00. The van der Waals surface area contributed by atoms with Gasteiger partial charge in [0.15, 0.2) is 17.3 Å². The molecule has 0 unspecified atom stereocenters. The molecular weight excluding hydrogens is 404 g/mol. The minimum absolute atomic E-state index is 0.0890. The van der Waals surface area contributed by atoms with Crippen LogP contribution in [0.4, 0.5) is 0 Å². The van der Waals surface area contributed by atoms with Crippen molar-refractivity contribution in [2.24, 2.45) is 0 Å². The number of benzene rings is 3. The second-order valence-corrected chi connectivity index (χ2v) is 12.7. The van der Waals surface area contributed by atoms with Crippen LogP contribution >= 0.6 is 0 Å². The first-order valence-corrected chi connectivity index (χ1v) is 12.2. The van der Waals surface area contributed by atoms with Gasteiger partial charge in [-0.1, -0.05) is 81.4 Å². The number of hydrogen-bond acceptors (Lipinski definition) is 4. The molecule has 0 bridgehead atoms. The summed E-state index contributed by atoms with van der Waals surface area (Å²) >= 11 is 0. The van der Waals surface area contributed by atoms with E-state index in [4.69, 9.17) is 13.9 Å². The van der Waals surface area contributed by atoms with E-state index in [0.29, 0.717) is 22.8 Å². The fraction of sp³-hybridized carbons (Fsp3) is 0.269. The van der Waals surface area contributed by atoms with Crippen molar-refractivity contribution < 1.29 is 18.7 Å². The number of methoxy groups -OCH3 is 2. The van der Waals surface area contributed by atoms with Gasteiger partial charge in [0.1, 0.15) is 5.75 Å². The molecule has 0 spiro atoms. The topological polar surface area (TPSA) is 44.8 Å². The van der Waals surface area contributed by atoms with Crippen molar-refractivity contribution in [3.63, 3.8) is 0 Å². The number of Topliss-reactive ketones (excluding diaryl/α,β-unsaturated/α-hetero) is 1. The molecule has 0 fully saturated rings. The van der Waals surface area contributed by atoms with E-state index in [1.165, 1.54) is 0 Å². The summed E-state index contributed by atoms with van der Waals surface area (Å²) < 4.78 is 18.0. The van der Waals surface area contributed by atoms with E-state index in [9.17, 15) is 4.79 Å². The van der Waals surface area contributed by atoms with Crippen molar-refractivity contribution in [3.05, 3.63) is 78.4 Å². The first kappa shape index (κ1) is 22.6. The van der Waals surface area contributed by atoms with Gasteiger partial charge in [-0.3, -0.25) is 4.79 Å². The molecule has 162 valence electrons. The second kappa shape index (κ2) is 8.98. The van der Waals surface area contributed by atoms with Gasteiger partial charge in [0.2, 0.25) is 0 Å². The molecule has 5 heteroatoms. The number of carbonyl (C=O) groups excluding carboxylic acids is 1. The zero-order chi connectivity index (χ0) is 22.6. The Bertz CT molecular complexity index is 1000. The first-order chi connectivity index (χ1) is 14.7. The van der Waals surface area contributed by atoms with Crippen molar-refractivity contribution in [3.8, 4) is 17.2 Å². The van der Waals surface area contributed by atoms with E-state index >= 15 is 0 Å². The zero-order valence-electron chi connectivity index (χ0n) is 19.1. The van der Waals surface area contributed by atoms with Crippen molar-refractivity contribution in [1.82, 2.24) is 0 Å². The molecule has 0 saturated heterocycles. The number of rotatable bonds is 7. The second-order valence-electron chi connectivity index (χ2n) is 8.52. The fourth-order valence-corrected chi connectivity index (χ4v) is 8.46. The molecule has 0 radical (unpaired) electrons. The summed E-state index contributed by atoms with van der Waals surface area (Å²) in [5.74, 6) is 1.45. The van der Waals surface area contributed by atoms with Crippen LogP contribution in [0.25, 0.3) is 0 Å². The highest BCUT2D eigenvalue weighted by atomic mass is 28.4. The standard InChI is InChI=1S/C26H30O4Si/c1-19(27)22-17-24(28-5)25(29-6)18-23(22)30-31(26(2,3)4,20-13-9-7-10-14-20)21-15-11-8-12-16-21/h7-18H,1-6H3. The number of ether oxygens (including phenoxy) is 2. The van der Waals surface area contributed by atoms with Crippen LogP contribution in [0.2, 0.25) is 5.04 Å². The Morgan fingerprint density at radius 3 is 1.58 bits per heavy atom. The van der Waals surface area contributed by atoms with Gasteiger partial charge in [-0.2, -0.15) is 0 Å². The van der Waals surface area contributed by atoms with Crippen molar-refractivity contribution >= 4 is 24.5 Å². The van der Waals surface area contributed by atoms with E-state index in [1.54, 1.807) is 33.3 Å². The molecule has 0 amide bonds. The molecule has 0 atom stereocenters. The van der Waals surface area contributed by atoms with Crippen LogP contribution in [-0.2, 0) is 0 Å². The minimum atomic E-state index is -2.88. The quantitative estimate of drug-likeness (QED) is 0.394. The predicted octanol–water partition coefficient (Wildman–Crippen LogP) is 4.85. The lowest BCUT2D eigenvalue weighted by atomic mass is 10.1. The summed E-state index contributed by atoms with van der Waals surface area (Å²) in [6.07, 6.45) is 0. The van der Waals surface area contributed by atoms with Crippen LogP contribution in [0.3, 0.4) is 0 Å². The Morgan fingerprint density at radius 1 is 0.742 bits per heavy atom. The van der Waals surface area contributed by atoms with Crippen LogP contribution in [0.1, 0.15) is 38.1 Å². The van der Waals surface area contributed by atoms with Gasteiger partial charge in [0.25, 0.3) is 0 Å². The van der Waals surface area contributed by atoms with Gasteiger partial charge >= 0.3 is 8.32 Å². The largest absolute Gasteiger partial charge is 0.533 e. The molecule has 3 aromatic carbocycles. The van der Waals surface area contributed by atoms with Gasteiger partial charge in [0.05, 0.1) is 19.8 Å². The van der Waals surface area contributed by atoms with Crippen LogP contribution in [0.15, 0.2) is 72.8 Å². The van der Waals surface area contributed by atoms with E-state index in [2.05, 4.69) is 45.0 Å². The van der Waals surface area contributed by atoms with Crippen molar-refractivity contribution in [2.75, 3.05) is 14.2 Å². The Balaban J connectivity index is 2.34. The highest BCUT2D eigenvalue weighted by Crippen LogP contribution is 2.41. The Morgan fingerprint density at radius 2 is 1.19 bits per heavy atom. The predicted molar refractivity (Wildman–Crippen MR) is 128 cm³/mol. The molecule has 0 aliphatic heterocycles. The third kappa shape index (κ3) is 4.23. The van der Waals surface area contributed by atoms with Crippen LogP contribution in [0.5, 0.6) is 17.2 Å². The average molecular weight is 435 g/mol. The summed E-state index contributed by atoms with van der Waals surface area (Å²) in [5, 5.41) is 2.05. The molecule has 4 nitrogen and oxygen atoms in total. The normalized spacial score (nSPS) is 11.7. The molecule has 3 rings (SSSR count). The summed E-state index contributed by atoms with van der Waals surface area (Å²) in [6, 6.07) is 24.1. The molecule has 0 aliphatic rings. The average Bonchev–Trinajstić information content (AvgIpc) is 2.77. The van der Waals surface area contributed by atoms with E-state index in [0.717, 1.165) is 10.4 Å². The van der Waals surface area contributed by atoms with Crippen LogP contribution in [0, 0.1) is 0 Å². The highest BCUT2D eigenvalue weighted by Gasteiger charge is 2.52. The van der Waals surface area contributed by atoms with Gasteiger partial charge in [-0.15, -0.1) is 0 Å². The van der Waals surface area contributed by atoms with Gasteiger partial charge in [-0.25, -0.2) is 0 Å². The third-order valence-electron chi connectivity index (χ3n) is 5.54. The molecule has 31 heavy (non-hydrogen) atoms. The van der Waals surface area contributed by atoms with Gasteiger partial charge in [-0.05, 0) is 28.4 Å². The lowest BCUT2D eigenvalue weighted by Crippen LogP contribution is -2.69. The lowest BCUT2D eigenvalue weighted by Gasteiger charge is -2.43. The maximum absolute atomic E-state index is 12.6. The summed E-state index contributed by atoms with van der Waals surface area (Å²) in [5.41, 5.74) is 0.477. The van der Waals surface area contributed by atoms with E-state index < -0.39 is 8.32 Å². The first-order valence-electron chi connectivity index (χ1n) is 10.3. The number of ketones is 1. The fourth-order valence-electron chi connectivity index (χ4n) is 4.03. The smallest absolute Gasteiger partial charge is 0.319 e. The van der Waals surface area contributed by atoms with E-state index in [-0.39, 0.29) is 10.8 Å². The summed E-state index contributed by atoms with van der Waals surface area (Å²) in [6.45, 7) is 8.15. The molecule has 0 N–H and O–H groups in total. The zero-order valence-corrected chi connectivity index (χ0v) is 20.1. The number of hydrogen-bond donors (Lipinski definition) is 0. The Kier molecular flexibility index (Phi) is 6.55. The molecule has 0 aromatic heterocycles. The molecule has 3 aromatic rings. The van der Waals surface area contributed by atoms with Crippen LogP contribution < -0.4 is 24.3 Å². The van der Waals surface area contributed by atoms with Gasteiger partial charge < -0.3 is 13.9 Å². The maximum Gasteiger partial charge on any atom is 0.319 e. The van der Waals surface area contributed by atoms with Crippen LogP contribution in [-0.4, -0.2) is 28.3 Å². The number of carbonyl (C=O) groups is 1. The molecule has 0 saturated carbocycles. The summed E-state index contributed by atoms with van der Waals surface area (Å²) in [7, 11) is 0.262. The van der Waals surface area contributed by atoms with Crippen molar-refractivity contribution in [2.45, 2.75) is 32.7 Å².